The third-order valence-electron chi connectivity index (χ3n) is 3.44. The fraction of sp³-hybridized carbons (Fsp3) is 0.438. The number of nitrogens with one attached hydrogen (secondary N) is 1. The number of thioether (sulfide) groups is 1. The van der Waals surface area contributed by atoms with Gasteiger partial charge < -0.3 is 10.1 Å². The van der Waals surface area contributed by atoms with E-state index < -0.39 is 0 Å². The molecule has 0 bridgehead atoms. The highest BCUT2D eigenvalue weighted by molar-refractivity contribution is 7.99. The van der Waals surface area contributed by atoms with E-state index in [4.69, 9.17) is 4.74 Å². The predicted octanol–water partition coefficient (Wildman–Crippen LogP) is 2.13. The first-order valence-corrected chi connectivity index (χ1v) is 8.38. The zero-order valence-corrected chi connectivity index (χ0v) is 14.7. The van der Waals surface area contributed by atoms with E-state index in [1.165, 1.54) is 22.9 Å². The van der Waals surface area contributed by atoms with E-state index in [0.29, 0.717) is 11.8 Å². The summed E-state index contributed by atoms with van der Waals surface area (Å²) in [4.78, 5) is 11.9. The Labute approximate surface area is 140 Å². The molecule has 0 saturated heterocycles. The van der Waals surface area contributed by atoms with Gasteiger partial charge in [0.05, 0.1) is 12.4 Å². The topological polar surface area (TPSA) is 69.0 Å². The van der Waals surface area contributed by atoms with Crippen LogP contribution < -0.4 is 5.32 Å². The standard InChI is InChI=1S/C16H22N4O2S/c1-11-5-6-14(7-12(11)2)20-10-17-19-16(20)23-9-15(21)18-13(3)8-22-4/h5-7,10,13H,8-9H2,1-4H3,(H,18,21). The lowest BCUT2D eigenvalue weighted by molar-refractivity contribution is -0.119. The number of benzene rings is 1. The van der Waals surface area contributed by atoms with Gasteiger partial charge in [0.15, 0.2) is 5.16 Å². The average molecular weight is 334 g/mol. The lowest BCUT2D eigenvalue weighted by Gasteiger charge is -2.12. The van der Waals surface area contributed by atoms with Crippen LogP contribution in [-0.2, 0) is 9.53 Å². The normalized spacial score (nSPS) is 12.2. The van der Waals surface area contributed by atoms with Crippen LogP contribution in [-0.4, -0.2) is 46.2 Å². The second kappa shape index (κ2) is 8.12. The summed E-state index contributed by atoms with van der Waals surface area (Å²) in [5.41, 5.74) is 3.44. The van der Waals surface area contributed by atoms with Crippen molar-refractivity contribution in [1.29, 1.82) is 0 Å². The second-order valence-electron chi connectivity index (χ2n) is 5.46. The number of aryl methyl sites for hydroxylation is 2. The van der Waals surface area contributed by atoms with Crippen LogP contribution in [0.4, 0.5) is 0 Å². The van der Waals surface area contributed by atoms with Gasteiger partial charge in [0, 0.05) is 18.8 Å². The molecule has 6 nitrogen and oxygen atoms in total. The van der Waals surface area contributed by atoms with Gasteiger partial charge in [-0.1, -0.05) is 17.8 Å². The van der Waals surface area contributed by atoms with Crippen molar-refractivity contribution in [1.82, 2.24) is 20.1 Å². The molecule has 1 N–H and O–H groups in total. The smallest absolute Gasteiger partial charge is 0.230 e. The van der Waals surface area contributed by atoms with Gasteiger partial charge in [-0.15, -0.1) is 10.2 Å². The van der Waals surface area contributed by atoms with Gasteiger partial charge in [0.2, 0.25) is 5.91 Å². The molecular weight excluding hydrogens is 312 g/mol. The minimum Gasteiger partial charge on any atom is -0.383 e. The molecule has 2 rings (SSSR count). The Morgan fingerprint density at radius 3 is 2.87 bits per heavy atom. The zero-order chi connectivity index (χ0) is 16.8. The molecule has 1 atom stereocenters. The molecule has 1 amide bonds. The van der Waals surface area contributed by atoms with Crippen LogP contribution in [0, 0.1) is 13.8 Å². The highest BCUT2D eigenvalue weighted by atomic mass is 32.2. The van der Waals surface area contributed by atoms with Gasteiger partial charge in [0.1, 0.15) is 6.33 Å². The molecule has 1 heterocycles. The maximum absolute atomic E-state index is 11.9. The first kappa shape index (κ1) is 17.5. The summed E-state index contributed by atoms with van der Waals surface area (Å²) >= 11 is 1.36. The number of ether oxygens (including phenoxy) is 1. The number of nitrogens with zero attached hydrogens (tertiary/aromatic N) is 3. The van der Waals surface area contributed by atoms with Crippen molar-refractivity contribution in [2.75, 3.05) is 19.5 Å². The Balaban J connectivity index is 2.01. The molecule has 7 heteroatoms. The van der Waals surface area contributed by atoms with E-state index in [1.54, 1.807) is 13.4 Å². The SMILES string of the molecule is COCC(C)NC(=O)CSc1nncn1-c1ccc(C)c(C)c1. The van der Waals surface area contributed by atoms with E-state index in [2.05, 4.69) is 41.5 Å². The van der Waals surface area contributed by atoms with Gasteiger partial charge in [-0.3, -0.25) is 9.36 Å². The average Bonchev–Trinajstić information content (AvgIpc) is 2.96. The van der Waals surface area contributed by atoms with Gasteiger partial charge in [-0.05, 0) is 44.0 Å². The largest absolute Gasteiger partial charge is 0.383 e. The number of methoxy groups -OCH3 is 1. The maximum atomic E-state index is 11.9. The van der Waals surface area contributed by atoms with Crippen LogP contribution in [0.5, 0.6) is 0 Å². The summed E-state index contributed by atoms with van der Waals surface area (Å²) < 4.78 is 6.90. The van der Waals surface area contributed by atoms with Crippen LogP contribution in [0.15, 0.2) is 29.7 Å². The number of hydrogen-bond acceptors (Lipinski definition) is 5. The van der Waals surface area contributed by atoms with E-state index in [1.807, 2.05) is 17.6 Å². The predicted molar refractivity (Wildman–Crippen MR) is 91.0 cm³/mol. The van der Waals surface area contributed by atoms with Crippen molar-refractivity contribution in [3.63, 3.8) is 0 Å². The molecule has 0 saturated carbocycles. The van der Waals surface area contributed by atoms with Crippen molar-refractivity contribution in [2.24, 2.45) is 0 Å². The molecule has 0 aliphatic rings. The van der Waals surface area contributed by atoms with E-state index in [-0.39, 0.29) is 17.7 Å². The maximum Gasteiger partial charge on any atom is 0.230 e. The van der Waals surface area contributed by atoms with Crippen molar-refractivity contribution < 1.29 is 9.53 Å². The molecule has 23 heavy (non-hydrogen) atoms. The lowest BCUT2D eigenvalue weighted by atomic mass is 10.1. The van der Waals surface area contributed by atoms with Gasteiger partial charge in [-0.2, -0.15) is 0 Å². The van der Waals surface area contributed by atoms with Crippen molar-refractivity contribution >= 4 is 17.7 Å². The summed E-state index contributed by atoms with van der Waals surface area (Å²) in [6.45, 7) is 6.55. The number of carbonyl (C=O) groups excluding carboxylic acids is 1. The number of aromatic nitrogens is 3. The van der Waals surface area contributed by atoms with Crippen LogP contribution in [0.2, 0.25) is 0 Å². The number of hydrogen-bond donors (Lipinski definition) is 1. The van der Waals surface area contributed by atoms with Gasteiger partial charge >= 0.3 is 0 Å². The van der Waals surface area contributed by atoms with E-state index >= 15 is 0 Å². The fourth-order valence-electron chi connectivity index (χ4n) is 2.11. The van der Waals surface area contributed by atoms with Crippen molar-refractivity contribution in [3.05, 3.63) is 35.7 Å². The number of amides is 1. The number of rotatable bonds is 7. The molecule has 124 valence electrons. The molecule has 0 radical (unpaired) electrons. The molecule has 0 fully saturated rings. The zero-order valence-electron chi connectivity index (χ0n) is 13.9. The molecule has 1 unspecified atom stereocenters. The molecule has 0 spiro atoms. The highest BCUT2D eigenvalue weighted by Crippen LogP contribution is 2.21. The summed E-state index contributed by atoms with van der Waals surface area (Å²) in [7, 11) is 1.61. The van der Waals surface area contributed by atoms with Crippen LogP contribution >= 0.6 is 11.8 Å². The summed E-state index contributed by atoms with van der Waals surface area (Å²) in [6, 6.07) is 6.17. The molecule has 0 aliphatic carbocycles. The minimum absolute atomic E-state index is 0.00859. The number of carbonyl (C=O) groups is 1. The first-order chi connectivity index (χ1) is 11.0. The fourth-order valence-corrected chi connectivity index (χ4v) is 2.85. The molecular formula is C16H22N4O2S. The van der Waals surface area contributed by atoms with Gasteiger partial charge in [-0.25, -0.2) is 0 Å². The monoisotopic (exact) mass is 334 g/mol. The molecule has 0 aliphatic heterocycles. The Bertz CT molecular complexity index is 672. The lowest BCUT2D eigenvalue weighted by Crippen LogP contribution is -2.36. The summed E-state index contributed by atoms with van der Waals surface area (Å²) in [6.07, 6.45) is 1.66. The Morgan fingerprint density at radius 1 is 1.39 bits per heavy atom. The molecule has 1 aromatic carbocycles. The Kier molecular flexibility index (Phi) is 6.18. The molecule has 1 aromatic heterocycles. The summed E-state index contributed by atoms with van der Waals surface area (Å²) in [5.74, 6) is 0.242. The Morgan fingerprint density at radius 2 is 2.17 bits per heavy atom. The first-order valence-electron chi connectivity index (χ1n) is 7.40. The Hall–Kier alpha value is -1.86. The van der Waals surface area contributed by atoms with Crippen molar-refractivity contribution in [3.8, 4) is 5.69 Å². The van der Waals surface area contributed by atoms with Crippen molar-refractivity contribution in [2.45, 2.75) is 32.0 Å². The quantitative estimate of drug-likeness (QED) is 0.786. The van der Waals surface area contributed by atoms with E-state index in [0.717, 1.165) is 5.69 Å². The van der Waals surface area contributed by atoms with Gasteiger partial charge in [0.25, 0.3) is 0 Å². The highest BCUT2D eigenvalue weighted by Gasteiger charge is 2.12. The van der Waals surface area contributed by atoms with Crippen LogP contribution in [0.3, 0.4) is 0 Å². The summed E-state index contributed by atoms with van der Waals surface area (Å²) in [5, 5.41) is 11.6. The molecule has 2 aromatic rings. The van der Waals surface area contributed by atoms with Crippen LogP contribution in [0.1, 0.15) is 18.1 Å². The van der Waals surface area contributed by atoms with E-state index in [9.17, 15) is 4.79 Å². The van der Waals surface area contributed by atoms with Crippen LogP contribution in [0.25, 0.3) is 5.69 Å². The minimum atomic E-state index is -0.0470. The third kappa shape index (κ3) is 4.80. The third-order valence-corrected chi connectivity index (χ3v) is 4.38. The second-order valence-corrected chi connectivity index (χ2v) is 6.41.